The molecule has 1 aromatic rings. The second kappa shape index (κ2) is 6.55. The molecule has 0 aromatic carbocycles. The van der Waals surface area contributed by atoms with Crippen LogP contribution in [0, 0.1) is 0 Å². The van der Waals surface area contributed by atoms with Gasteiger partial charge in [-0.2, -0.15) is 0 Å². The zero-order chi connectivity index (χ0) is 14.4. The number of furan rings is 1. The summed E-state index contributed by atoms with van der Waals surface area (Å²) in [6.07, 6.45) is -2.15. The van der Waals surface area contributed by atoms with Gasteiger partial charge >= 0.3 is 17.9 Å². The Morgan fingerprint density at radius 2 is 2.05 bits per heavy atom. The summed E-state index contributed by atoms with van der Waals surface area (Å²) in [6.45, 7) is -0.292. The molecule has 0 aliphatic carbocycles. The summed E-state index contributed by atoms with van der Waals surface area (Å²) in [5.41, 5.74) is 0. The second-order valence-electron chi connectivity index (χ2n) is 3.47. The van der Waals surface area contributed by atoms with Crippen molar-refractivity contribution in [3.05, 3.63) is 23.7 Å². The van der Waals surface area contributed by atoms with Crippen LogP contribution in [0.1, 0.15) is 22.7 Å². The van der Waals surface area contributed by atoms with Crippen molar-refractivity contribution in [3.8, 4) is 0 Å². The summed E-state index contributed by atoms with van der Waals surface area (Å²) in [6, 6.07) is 2.56. The highest BCUT2D eigenvalue weighted by atomic mass is 16.5. The first-order chi connectivity index (χ1) is 8.93. The van der Waals surface area contributed by atoms with Crippen LogP contribution in [0.25, 0.3) is 0 Å². The Morgan fingerprint density at radius 1 is 1.37 bits per heavy atom. The maximum atomic E-state index is 11.2. The van der Waals surface area contributed by atoms with E-state index < -0.39 is 30.4 Å². The minimum atomic E-state index is -1.59. The van der Waals surface area contributed by atoms with Crippen molar-refractivity contribution in [1.29, 1.82) is 0 Å². The highest BCUT2D eigenvalue weighted by Gasteiger charge is 2.20. The van der Waals surface area contributed by atoms with Crippen molar-refractivity contribution in [2.45, 2.75) is 19.1 Å². The number of aliphatic hydroxyl groups excluding tert-OH is 1. The Morgan fingerprint density at radius 3 is 2.58 bits per heavy atom. The fourth-order valence-electron chi connectivity index (χ4n) is 1.16. The lowest BCUT2D eigenvalue weighted by molar-refractivity contribution is -0.158. The fraction of sp³-hybridized carbons (Fsp3) is 0.364. The van der Waals surface area contributed by atoms with Gasteiger partial charge in [-0.05, 0) is 12.1 Å². The lowest BCUT2D eigenvalue weighted by atomic mass is 10.2. The smallest absolute Gasteiger partial charge is 0.371 e. The average molecular weight is 272 g/mol. The molecule has 8 nitrogen and oxygen atoms in total. The number of carboxylic acids is 1. The van der Waals surface area contributed by atoms with Gasteiger partial charge < -0.3 is 24.1 Å². The maximum Gasteiger partial charge on any atom is 0.371 e. The number of carbonyl (C=O) groups excluding carboxylic acids is 2. The molecular weight excluding hydrogens is 260 g/mol. The molecule has 104 valence electrons. The molecule has 0 unspecified atom stereocenters. The van der Waals surface area contributed by atoms with Crippen LogP contribution in [0.2, 0.25) is 0 Å². The third kappa shape index (κ3) is 4.43. The molecule has 0 spiro atoms. The number of aliphatic hydroxyl groups is 1. The molecule has 1 rings (SSSR count). The molecular formula is C11H12O8. The third-order valence-electron chi connectivity index (χ3n) is 2.08. The first-order valence-electron chi connectivity index (χ1n) is 5.17. The number of ether oxygens (including phenoxy) is 2. The topological polar surface area (TPSA) is 123 Å². The van der Waals surface area contributed by atoms with E-state index in [0.717, 1.165) is 7.11 Å². The van der Waals surface area contributed by atoms with E-state index in [0.29, 0.717) is 0 Å². The van der Waals surface area contributed by atoms with E-state index >= 15 is 0 Å². The van der Waals surface area contributed by atoms with E-state index in [1.165, 1.54) is 12.1 Å². The van der Waals surface area contributed by atoms with Crippen LogP contribution < -0.4 is 0 Å². The van der Waals surface area contributed by atoms with Crippen LogP contribution in [0.4, 0.5) is 0 Å². The molecule has 0 saturated carbocycles. The Balaban J connectivity index is 2.41. The molecule has 0 aliphatic heterocycles. The van der Waals surface area contributed by atoms with E-state index in [9.17, 15) is 19.5 Å². The predicted molar refractivity (Wildman–Crippen MR) is 58.1 cm³/mol. The highest BCUT2D eigenvalue weighted by Crippen LogP contribution is 2.09. The number of esters is 2. The Bertz CT molecular complexity index is 475. The van der Waals surface area contributed by atoms with Crippen molar-refractivity contribution in [2.75, 3.05) is 7.11 Å². The van der Waals surface area contributed by atoms with Crippen LogP contribution in [0.3, 0.4) is 0 Å². The molecule has 2 N–H and O–H groups in total. The van der Waals surface area contributed by atoms with Gasteiger partial charge in [0, 0.05) is 0 Å². The van der Waals surface area contributed by atoms with Gasteiger partial charge in [0.05, 0.1) is 13.5 Å². The molecule has 0 amide bonds. The highest BCUT2D eigenvalue weighted by molar-refractivity contribution is 5.84. The second-order valence-corrected chi connectivity index (χ2v) is 3.47. The molecule has 0 aliphatic rings. The van der Waals surface area contributed by atoms with Gasteiger partial charge in [0.15, 0.2) is 6.10 Å². The molecule has 0 saturated heterocycles. The van der Waals surface area contributed by atoms with Gasteiger partial charge in [0.1, 0.15) is 12.4 Å². The Labute approximate surface area is 107 Å². The summed E-state index contributed by atoms with van der Waals surface area (Å²) >= 11 is 0. The third-order valence-corrected chi connectivity index (χ3v) is 2.08. The van der Waals surface area contributed by atoms with Gasteiger partial charge in [0.2, 0.25) is 5.76 Å². The number of rotatable bonds is 6. The van der Waals surface area contributed by atoms with Gasteiger partial charge in [-0.3, -0.25) is 4.79 Å². The number of hydrogen-bond donors (Lipinski definition) is 2. The monoisotopic (exact) mass is 272 g/mol. The quantitative estimate of drug-likeness (QED) is 0.690. The van der Waals surface area contributed by atoms with E-state index in [2.05, 4.69) is 4.74 Å². The first-order valence-corrected chi connectivity index (χ1v) is 5.17. The van der Waals surface area contributed by atoms with Crippen LogP contribution in [-0.2, 0) is 25.7 Å². The van der Waals surface area contributed by atoms with E-state index in [4.69, 9.17) is 14.3 Å². The number of hydrogen-bond acceptors (Lipinski definition) is 7. The largest absolute Gasteiger partial charge is 0.475 e. The number of methoxy groups -OCH3 is 1. The van der Waals surface area contributed by atoms with Crippen molar-refractivity contribution >= 4 is 17.9 Å². The maximum absolute atomic E-state index is 11.2. The summed E-state index contributed by atoms with van der Waals surface area (Å²) in [5, 5.41) is 17.8. The van der Waals surface area contributed by atoms with Crippen molar-refractivity contribution in [2.24, 2.45) is 0 Å². The minimum absolute atomic E-state index is 0.137. The van der Waals surface area contributed by atoms with Crippen LogP contribution in [0.15, 0.2) is 16.5 Å². The van der Waals surface area contributed by atoms with Crippen molar-refractivity contribution in [1.82, 2.24) is 0 Å². The summed E-state index contributed by atoms with van der Waals surface area (Å²) in [4.78, 5) is 32.6. The first kappa shape index (κ1) is 14.7. The zero-order valence-electron chi connectivity index (χ0n) is 9.99. The van der Waals surface area contributed by atoms with Crippen molar-refractivity contribution in [3.63, 3.8) is 0 Å². The SMILES string of the molecule is COC(=O)[C@H](O)CC(=O)OCc1ccc(C(=O)O)o1. The Hall–Kier alpha value is -2.35. The molecule has 0 fully saturated rings. The lowest BCUT2D eigenvalue weighted by Crippen LogP contribution is -2.25. The zero-order valence-corrected chi connectivity index (χ0v) is 9.99. The molecule has 8 heteroatoms. The Kier molecular flexibility index (Phi) is 5.07. The molecule has 0 bridgehead atoms. The molecule has 19 heavy (non-hydrogen) atoms. The lowest BCUT2D eigenvalue weighted by Gasteiger charge is -2.07. The van der Waals surface area contributed by atoms with Gasteiger partial charge in [-0.1, -0.05) is 0 Å². The fourth-order valence-corrected chi connectivity index (χ4v) is 1.16. The molecule has 1 aromatic heterocycles. The van der Waals surface area contributed by atoms with Crippen LogP contribution in [-0.4, -0.2) is 41.3 Å². The molecule has 1 heterocycles. The number of aromatic carboxylic acids is 1. The molecule has 1 atom stereocenters. The summed E-state index contributed by atoms with van der Waals surface area (Å²) < 4.78 is 13.8. The van der Waals surface area contributed by atoms with E-state index in [1.54, 1.807) is 0 Å². The standard InChI is InChI=1S/C11H12O8/c1-17-11(16)7(12)4-9(13)18-5-6-2-3-8(19-6)10(14)15/h2-3,7,12H,4-5H2,1H3,(H,14,15)/t7-/m1/s1. The van der Waals surface area contributed by atoms with Crippen LogP contribution in [0.5, 0.6) is 0 Å². The summed E-state index contributed by atoms with van der Waals surface area (Å²) in [7, 11) is 1.08. The number of carboxylic acid groups (broad SMARTS) is 1. The predicted octanol–water partition coefficient (Wildman–Crippen LogP) is -0.0550. The number of carbonyl (C=O) groups is 3. The van der Waals surface area contributed by atoms with Crippen molar-refractivity contribution < 1.29 is 38.5 Å². The molecule has 0 radical (unpaired) electrons. The van der Waals surface area contributed by atoms with Gasteiger partial charge in [0.25, 0.3) is 0 Å². The van der Waals surface area contributed by atoms with E-state index in [-0.39, 0.29) is 18.1 Å². The van der Waals surface area contributed by atoms with E-state index in [1.807, 2.05) is 0 Å². The average Bonchev–Trinajstić information content (AvgIpc) is 2.84. The van der Waals surface area contributed by atoms with Crippen LogP contribution >= 0.6 is 0 Å². The van der Waals surface area contributed by atoms with Gasteiger partial charge in [-0.25, -0.2) is 9.59 Å². The minimum Gasteiger partial charge on any atom is -0.475 e. The summed E-state index contributed by atoms with van der Waals surface area (Å²) in [5.74, 6) is -3.16. The normalized spacial score (nSPS) is 11.7. The van der Waals surface area contributed by atoms with Gasteiger partial charge in [-0.15, -0.1) is 0 Å².